The van der Waals surface area contributed by atoms with Crippen molar-refractivity contribution < 1.29 is 4.92 Å². The number of nitro benzene ring substituents is 1. The fourth-order valence-electron chi connectivity index (χ4n) is 1.79. The summed E-state index contributed by atoms with van der Waals surface area (Å²) >= 11 is 5.84. The lowest BCUT2D eigenvalue weighted by Crippen LogP contribution is -2.06. The zero-order valence-electron chi connectivity index (χ0n) is 10.3. The third-order valence-corrected chi connectivity index (χ3v) is 3.06. The highest BCUT2D eigenvalue weighted by molar-refractivity contribution is 6.30. The van der Waals surface area contributed by atoms with E-state index in [2.05, 4.69) is 5.32 Å². The van der Waals surface area contributed by atoms with Gasteiger partial charge in [-0.1, -0.05) is 29.8 Å². The molecule has 0 radical (unpaired) electrons. The van der Waals surface area contributed by atoms with Gasteiger partial charge in [0.15, 0.2) is 0 Å². The molecule has 0 aromatic heterocycles. The van der Waals surface area contributed by atoms with E-state index in [1.165, 1.54) is 12.1 Å². The second kappa shape index (κ2) is 5.71. The fourth-order valence-corrected chi connectivity index (χ4v) is 1.92. The molecule has 0 fully saturated rings. The van der Waals surface area contributed by atoms with Crippen LogP contribution in [0.15, 0.2) is 48.5 Å². The molecule has 0 aliphatic heterocycles. The molecule has 2 rings (SSSR count). The van der Waals surface area contributed by atoms with Crippen LogP contribution in [0.3, 0.4) is 0 Å². The molecule has 1 atom stereocenters. The van der Waals surface area contributed by atoms with Crippen molar-refractivity contribution in [3.8, 4) is 0 Å². The van der Waals surface area contributed by atoms with Crippen molar-refractivity contribution in [2.24, 2.45) is 0 Å². The highest BCUT2D eigenvalue weighted by Crippen LogP contribution is 2.23. The molecule has 2 aromatic rings. The van der Waals surface area contributed by atoms with Crippen LogP contribution in [0.1, 0.15) is 18.5 Å². The Labute approximate surface area is 116 Å². The summed E-state index contributed by atoms with van der Waals surface area (Å²) in [5, 5.41) is 14.6. The molecule has 0 bridgehead atoms. The van der Waals surface area contributed by atoms with E-state index >= 15 is 0 Å². The number of nitro groups is 1. The van der Waals surface area contributed by atoms with E-state index in [1.807, 2.05) is 31.2 Å². The Kier molecular flexibility index (Phi) is 4.02. The Morgan fingerprint density at radius 1 is 1.21 bits per heavy atom. The van der Waals surface area contributed by atoms with Gasteiger partial charge in [-0.15, -0.1) is 0 Å². The van der Waals surface area contributed by atoms with E-state index in [4.69, 9.17) is 11.6 Å². The van der Waals surface area contributed by atoms with Crippen molar-refractivity contribution in [2.75, 3.05) is 5.32 Å². The quantitative estimate of drug-likeness (QED) is 0.664. The fraction of sp³-hybridized carbons (Fsp3) is 0.143. The number of hydrogen-bond acceptors (Lipinski definition) is 3. The first-order chi connectivity index (χ1) is 9.06. The molecule has 4 nitrogen and oxygen atoms in total. The number of anilines is 1. The predicted molar refractivity (Wildman–Crippen MR) is 76.6 cm³/mol. The van der Waals surface area contributed by atoms with Crippen molar-refractivity contribution in [3.63, 3.8) is 0 Å². The van der Waals surface area contributed by atoms with Crippen molar-refractivity contribution >= 4 is 23.0 Å². The number of benzene rings is 2. The molecule has 98 valence electrons. The number of nitrogens with one attached hydrogen (secondary N) is 1. The highest BCUT2D eigenvalue weighted by Gasteiger charge is 2.09. The predicted octanol–water partition coefficient (Wildman–Crippen LogP) is 4.42. The number of non-ortho nitro benzene ring substituents is 1. The lowest BCUT2D eigenvalue weighted by molar-refractivity contribution is -0.384. The summed E-state index contributed by atoms with van der Waals surface area (Å²) in [6.45, 7) is 1.99. The minimum Gasteiger partial charge on any atom is -0.378 e. The Bertz CT molecular complexity index is 584. The van der Waals surface area contributed by atoms with Gasteiger partial charge in [0.05, 0.1) is 4.92 Å². The van der Waals surface area contributed by atoms with E-state index in [1.54, 1.807) is 12.1 Å². The maximum absolute atomic E-state index is 10.7. The Hall–Kier alpha value is -2.07. The third-order valence-electron chi connectivity index (χ3n) is 2.81. The van der Waals surface area contributed by atoms with Crippen LogP contribution in [0, 0.1) is 10.1 Å². The number of halogens is 1. The summed E-state index contributed by atoms with van der Waals surface area (Å²) in [4.78, 5) is 10.3. The SMILES string of the molecule is CC(Nc1cccc([N+](=O)[O-])c1)c1ccc(Cl)cc1. The van der Waals surface area contributed by atoms with Crippen molar-refractivity contribution in [2.45, 2.75) is 13.0 Å². The average Bonchev–Trinajstić information content (AvgIpc) is 2.39. The van der Waals surface area contributed by atoms with Crippen molar-refractivity contribution in [1.29, 1.82) is 0 Å². The molecule has 0 saturated heterocycles. The number of hydrogen-bond donors (Lipinski definition) is 1. The van der Waals surface area contributed by atoms with Gasteiger partial charge in [-0.2, -0.15) is 0 Å². The second-order valence-corrected chi connectivity index (χ2v) is 4.66. The zero-order chi connectivity index (χ0) is 13.8. The molecule has 1 unspecified atom stereocenters. The maximum atomic E-state index is 10.7. The van der Waals surface area contributed by atoms with E-state index in [9.17, 15) is 10.1 Å². The van der Waals surface area contributed by atoms with Gasteiger partial charge in [-0.3, -0.25) is 10.1 Å². The lowest BCUT2D eigenvalue weighted by Gasteiger charge is -2.15. The Morgan fingerprint density at radius 2 is 1.89 bits per heavy atom. The molecule has 0 saturated carbocycles. The topological polar surface area (TPSA) is 55.2 Å². The van der Waals surface area contributed by atoms with Crippen LogP contribution >= 0.6 is 11.6 Å². The molecule has 1 N–H and O–H groups in total. The van der Waals surface area contributed by atoms with Crippen LogP contribution in [0.5, 0.6) is 0 Å². The van der Waals surface area contributed by atoms with Crippen molar-refractivity contribution in [3.05, 3.63) is 69.2 Å². The maximum Gasteiger partial charge on any atom is 0.271 e. The summed E-state index contributed by atoms with van der Waals surface area (Å²) in [6.07, 6.45) is 0. The normalized spacial score (nSPS) is 11.9. The van der Waals surface area contributed by atoms with Crippen LogP contribution in [0.4, 0.5) is 11.4 Å². The highest BCUT2D eigenvalue weighted by atomic mass is 35.5. The molecule has 5 heteroatoms. The molecular weight excluding hydrogens is 264 g/mol. The molecule has 0 aliphatic rings. The second-order valence-electron chi connectivity index (χ2n) is 4.23. The summed E-state index contributed by atoms with van der Waals surface area (Å²) in [5.41, 5.74) is 1.86. The molecule has 0 aliphatic carbocycles. The molecule has 2 aromatic carbocycles. The van der Waals surface area contributed by atoms with Crippen LogP contribution in [-0.4, -0.2) is 4.92 Å². The molecule has 0 amide bonds. The summed E-state index contributed by atoms with van der Waals surface area (Å²) < 4.78 is 0. The van der Waals surface area contributed by atoms with Gasteiger partial charge in [0.2, 0.25) is 0 Å². The first-order valence-electron chi connectivity index (χ1n) is 5.83. The van der Waals surface area contributed by atoms with Crippen LogP contribution in [0.25, 0.3) is 0 Å². The van der Waals surface area contributed by atoms with E-state index in [0.717, 1.165) is 11.3 Å². The van der Waals surface area contributed by atoms with Gasteiger partial charge in [-0.25, -0.2) is 0 Å². The molecular formula is C14H13ClN2O2. The van der Waals surface area contributed by atoms with Gasteiger partial charge < -0.3 is 5.32 Å². The smallest absolute Gasteiger partial charge is 0.271 e. The Balaban J connectivity index is 2.14. The van der Waals surface area contributed by atoms with Gasteiger partial charge in [0, 0.05) is 28.9 Å². The largest absolute Gasteiger partial charge is 0.378 e. The lowest BCUT2D eigenvalue weighted by atomic mass is 10.1. The van der Waals surface area contributed by atoms with E-state index in [0.29, 0.717) is 5.02 Å². The average molecular weight is 277 g/mol. The standard InChI is InChI=1S/C14H13ClN2O2/c1-10(11-5-7-12(15)8-6-11)16-13-3-2-4-14(9-13)17(18)19/h2-10,16H,1H3. The summed E-state index contributed by atoms with van der Waals surface area (Å²) in [6, 6.07) is 14.0. The molecule has 19 heavy (non-hydrogen) atoms. The number of nitrogens with zero attached hydrogens (tertiary/aromatic N) is 1. The zero-order valence-corrected chi connectivity index (χ0v) is 11.1. The monoisotopic (exact) mass is 276 g/mol. The van der Waals surface area contributed by atoms with Crippen LogP contribution < -0.4 is 5.32 Å². The summed E-state index contributed by atoms with van der Waals surface area (Å²) in [5.74, 6) is 0. The molecule has 0 spiro atoms. The first-order valence-corrected chi connectivity index (χ1v) is 6.20. The van der Waals surface area contributed by atoms with E-state index < -0.39 is 4.92 Å². The van der Waals surface area contributed by atoms with Gasteiger partial charge in [0.1, 0.15) is 0 Å². The minimum atomic E-state index is -0.405. The van der Waals surface area contributed by atoms with Gasteiger partial charge >= 0.3 is 0 Å². The van der Waals surface area contributed by atoms with Gasteiger partial charge in [-0.05, 0) is 30.7 Å². The molecule has 0 heterocycles. The third kappa shape index (κ3) is 3.45. The number of rotatable bonds is 4. The van der Waals surface area contributed by atoms with Crippen LogP contribution in [-0.2, 0) is 0 Å². The summed E-state index contributed by atoms with van der Waals surface area (Å²) in [7, 11) is 0. The van der Waals surface area contributed by atoms with E-state index in [-0.39, 0.29) is 11.7 Å². The minimum absolute atomic E-state index is 0.0410. The van der Waals surface area contributed by atoms with Crippen LogP contribution in [0.2, 0.25) is 5.02 Å². The van der Waals surface area contributed by atoms with Crippen molar-refractivity contribution in [1.82, 2.24) is 0 Å². The first kappa shape index (κ1) is 13.4. The van der Waals surface area contributed by atoms with Gasteiger partial charge in [0.25, 0.3) is 5.69 Å². The Morgan fingerprint density at radius 3 is 2.53 bits per heavy atom.